The molecule has 0 spiro atoms. The highest BCUT2D eigenvalue weighted by molar-refractivity contribution is 9.10. The van der Waals surface area contributed by atoms with Gasteiger partial charge in [-0.15, -0.1) is 0 Å². The lowest BCUT2D eigenvalue weighted by molar-refractivity contribution is -0.122. The molecule has 1 aliphatic carbocycles. The molecule has 1 aliphatic rings. The van der Waals surface area contributed by atoms with E-state index in [4.69, 9.17) is 4.74 Å². The SMILES string of the molecule is O=C(Oc1ccc(/C=N/NC(=O)C2CC2(c2ccccc2)c2ccccc2)cc1)c1ccccc1Br. The molecule has 6 heteroatoms. The van der Waals surface area contributed by atoms with Crippen LogP contribution in [0.3, 0.4) is 0 Å². The average molecular weight is 539 g/mol. The molecule has 1 fully saturated rings. The monoisotopic (exact) mass is 538 g/mol. The van der Waals surface area contributed by atoms with Crippen LogP contribution in [-0.2, 0) is 10.2 Å². The second kappa shape index (κ2) is 10.3. The molecule has 1 amide bonds. The summed E-state index contributed by atoms with van der Waals surface area (Å²) in [6.07, 6.45) is 2.31. The smallest absolute Gasteiger partial charge is 0.344 e. The number of ether oxygens (including phenoxy) is 1. The molecule has 1 N–H and O–H groups in total. The zero-order valence-electron chi connectivity index (χ0n) is 19.3. The van der Waals surface area contributed by atoms with E-state index in [1.165, 1.54) is 0 Å². The fourth-order valence-electron chi connectivity index (χ4n) is 4.51. The molecule has 1 atom stereocenters. The van der Waals surface area contributed by atoms with E-state index in [1.807, 2.05) is 42.5 Å². The van der Waals surface area contributed by atoms with Crippen LogP contribution in [0.25, 0.3) is 0 Å². The van der Waals surface area contributed by atoms with Gasteiger partial charge in [0.1, 0.15) is 5.75 Å². The number of halogens is 1. The minimum absolute atomic E-state index is 0.113. The van der Waals surface area contributed by atoms with Crippen molar-refractivity contribution in [3.05, 3.63) is 136 Å². The Kier molecular flexibility index (Phi) is 6.78. The fourth-order valence-corrected chi connectivity index (χ4v) is 4.96. The molecule has 0 bridgehead atoms. The molecule has 36 heavy (non-hydrogen) atoms. The van der Waals surface area contributed by atoms with Gasteiger partial charge < -0.3 is 4.74 Å². The number of hydrazone groups is 1. The quantitative estimate of drug-likeness (QED) is 0.133. The Balaban J connectivity index is 1.22. The third-order valence-electron chi connectivity index (χ3n) is 6.43. The Bertz CT molecular complexity index is 1360. The second-order valence-electron chi connectivity index (χ2n) is 8.63. The molecule has 1 saturated carbocycles. The van der Waals surface area contributed by atoms with Crippen LogP contribution in [0.4, 0.5) is 0 Å². The van der Waals surface area contributed by atoms with E-state index in [2.05, 4.69) is 50.7 Å². The summed E-state index contributed by atoms with van der Waals surface area (Å²) in [6, 6.07) is 34.3. The van der Waals surface area contributed by atoms with E-state index in [1.54, 1.807) is 48.7 Å². The highest BCUT2D eigenvalue weighted by Crippen LogP contribution is 2.58. The van der Waals surface area contributed by atoms with Crippen LogP contribution >= 0.6 is 15.9 Å². The van der Waals surface area contributed by atoms with Crippen LogP contribution in [0, 0.1) is 5.92 Å². The number of amides is 1. The number of rotatable bonds is 7. The lowest BCUT2D eigenvalue weighted by Crippen LogP contribution is -2.25. The van der Waals surface area contributed by atoms with E-state index < -0.39 is 5.97 Å². The number of hydrogen-bond acceptors (Lipinski definition) is 4. The molecule has 0 heterocycles. The maximum Gasteiger partial charge on any atom is 0.344 e. The minimum Gasteiger partial charge on any atom is -0.423 e. The van der Waals surface area contributed by atoms with Crippen molar-refractivity contribution in [2.75, 3.05) is 0 Å². The first kappa shape index (κ1) is 23.7. The predicted octanol–water partition coefficient (Wildman–Crippen LogP) is 6.12. The third kappa shape index (κ3) is 4.86. The third-order valence-corrected chi connectivity index (χ3v) is 7.12. The van der Waals surface area contributed by atoms with E-state index >= 15 is 0 Å². The Hall–Kier alpha value is -4.03. The number of esters is 1. The van der Waals surface area contributed by atoms with Gasteiger partial charge in [0.25, 0.3) is 0 Å². The Morgan fingerprint density at radius 1 is 0.833 bits per heavy atom. The summed E-state index contributed by atoms with van der Waals surface area (Å²) in [5.41, 5.74) is 5.85. The van der Waals surface area contributed by atoms with Crippen molar-refractivity contribution < 1.29 is 14.3 Å². The van der Waals surface area contributed by atoms with Gasteiger partial charge in [0.15, 0.2) is 0 Å². The summed E-state index contributed by atoms with van der Waals surface area (Å²) in [4.78, 5) is 25.4. The van der Waals surface area contributed by atoms with Gasteiger partial charge in [0.05, 0.1) is 17.7 Å². The Morgan fingerprint density at radius 3 is 2.03 bits per heavy atom. The van der Waals surface area contributed by atoms with Crippen molar-refractivity contribution in [1.82, 2.24) is 5.43 Å². The van der Waals surface area contributed by atoms with E-state index in [-0.39, 0.29) is 17.2 Å². The summed E-state index contributed by atoms with van der Waals surface area (Å²) < 4.78 is 6.12. The number of nitrogens with zero attached hydrogens (tertiary/aromatic N) is 1. The van der Waals surface area contributed by atoms with Crippen molar-refractivity contribution in [2.45, 2.75) is 11.8 Å². The van der Waals surface area contributed by atoms with Gasteiger partial charge in [-0.05, 0) is 75.4 Å². The van der Waals surface area contributed by atoms with Gasteiger partial charge in [-0.1, -0.05) is 72.8 Å². The largest absolute Gasteiger partial charge is 0.423 e. The molecule has 0 saturated heterocycles. The number of benzene rings is 4. The minimum atomic E-state index is -0.444. The molecule has 1 unspecified atom stereocenters. The molecular formula is C30H23BrN2O3. The van der Waals surface area contributed by atoms with Gasteiger partial charge in [-0.3, -0.25) is 4.79 Å². The molecular weight excluding hydrogens is 516 g/mol. The number of carbonyl (C=O) groups excluding carboxylic acids is 2. The molecule has 4 aromatic carbocycles. The summed E-state index contributed by atoms with van der Waals surface area (Å²) in [5.74, 6) is -0.331. The lowest BCUT2D eigenvalue weighted by Gasteiger charge is -2.18. The Labute approximate surface area is 218 Å². The number of hydrogen-bond donors (Lipinski definition) is 1. The highest BCUT2D eigenvalue weighted by atomic mass is 79.9. The van der Waals surface area contributed by atoms with Crippen molar-refractivity contribution in [1.29, 1.82) is 0 Å². The molecule has 0 aliphatic heterocycles. The van der Waals surface area contributed by atoms with Crippen molar-refractivity contribution in [3.8, 4) is 5.75 Å². The fraction of sp³-hybridized carbons (Fsp3) is 0.100. The van der Waals surface area contributed by atoms with Gasteiger partial charge in [0.2, 0.25) is 5.91 Å². The van der Waals surface area contributed by atoms with Crippen LogP contribution in [0.1, 0.15) is 33.5 Å². The molecule has 5 rings (SSSR count). The van der Waals surface area contributed by atoms with Crippen LogP contribution in [0.15, 0.2) is 119 Å². The van der Waals surface area contributed by atoms with E-state index in [9.17, 15) is 9.59 Å². The van der Waals surface area contributed by atoms with Crippen LogP contribution in [-0.4, -0.2) is 18.1 Å². The normalized spacial score (nSPS) is 15.9. The first-order chi connectivity index (χ1) is 17.6. The summed E-state index contributed by atoms with van der Waals surface area (Å²) in [7, 11) is 0. The van der Waals surface area contributed by atoms with Gasteiger partial charge in [-0.25, -0.2) is 10.2 Å². The molecule has 0 radical (unpaired) electrons. The second-order valence-corrected chi connectivity index (χ2v) is 9.49. The van der Waals surface area contributed by atoms with Crippen molar-refractivity contribution in [3.63, 3.8) is 0 Å². The highest BCUT2D eigenvalue weighted by Gasteiger charge is 2.60. The maximum atomic E-state index is 13.0. The van der Waals surface area contributed by atoms with Gasteiger partial charge in [0, 0.05) is 9.89 Å². The van der Waals surface area contributed by atoms with Crippen LogP contribution in [0.5, 0.6) is 5.75 Å². The summed E-state index contributed by atoms with van der Waals surface area (Å²) in [6.45, 7) is 0. The molecule has 0 aromatic heterocycles. The number of nitrogens with one attached hydrogen (secondary N) is 1. The summed E-state index contributed by atoms with van der Waals surface area (Å²) in [5, 5.41) is 4.17. The predicted molar refractivity (Wildman–Crippen MR) is 143 cm³/mol. The Morgan fingerprint density at radius 2 is 1.42 bits per heavy atom. The first-order valence-corrected chi connectivity index (χ1v) is 12.4. The molecule has 5 nitrogen and oxygen atoms in total. The van der Waals surface area contributed by atoms with E-state index in [0.29, 0.717) is 15.8 Å². The lowest BCUT2D eigenvalue weighted by atomic mass is 9.85. The maximum absolute atomic E-state index is 13.0. The average Bonchev–Trinajstić information content (AvgIpc) is 3.68. The van der Waals surface area contributed by atoms with E-state index in [0.717, 1.165) is 23.1 Å². The summed E-state index contributed by atoms with van der Waals surface area (Å²) >= 11 is 3.36. The standard InChI is InChI=1S/C30H23BrN2O3/c31-27-14-8-7-13-25(27)29(35)36-24-17-15-21(16-18-24)20-32-33-28(34)26-19-30(26,22-9-3-1-4-10-22)23-11-5-2-6-12-23/h1-18,20,26H,19H2,(H,33,34)/b32-20+. The van der Waals surface area contributed by atoms with Crippen molar-refractivity contribution >= 4 is 34.0 Å². The molecule has 4 aromatic rings. The molecule has 178 valence electrons. The van der Waals surface area contributed by atoms with Crippen molar-refractivity contribution in [2.24, 2.45) is 11.0 Å². The van der Waals surface area contributed by atoms with Crippen LogP contribution < -0.4 is 10.2 Å². The number of carbonyl (C=O) groups is 2. The van der Waals surface area contributed by atoms with Gasteiger partial charge in [-0.2, -0.15) is 5.10 Å². The zero-order valence-corrected chi connectivity index (χ0v) is 20.9. The van der Waals surface area contributed by atoms with Gasteiger partial charge >= 0.3 is 5.97 Å². The topological polar surface area (TPSA) is 67.8 Å². The van der Waals surface area contributed by atoms with Crippen LogP contribution in [0.2, 0.25) is 0 Å². The zero-order chi connectivity index (χ0) is 25.0. The first-order valence-electron chi connectivity index (χ1n) is 11.6.